The van der Waals surface area contributed by atoms with Crippen molar-refractivity contribution in [3.05, 3.63) is 76.2 Å². The van der Waals surface area contributed by atoms with E-state index in [1.54, 1.807) is 54.6 Å². The van der Waals surface area contributed by atoms with Crippen LogP contribution in [0.25, 0.3) is 11.0 Å². The summed E-state index contributed by atoms with van der Waals surface area (Å²) in [6.45, 7) is 0. The number of carbonyl (C=O) groups is 1. The Bertz CT molecular complexity index is 859. The number of hydrogen-bond acceptors (Lipinski definition) is 3. The van der Waals surface area contributed by atoms with Crippen molar-refractivity contribution in [1.82, 2.24) is 9.97 Å². The lowest BCUT2D eigenvalue weighted by Crippen LogP contribution is -2.21. The number of alkyl halides is 1. The van der Waals surface area contributed by atoms with Crippen molar-refractivity contribution in [2.75, 3.05) is 0 Å². The largest absolute Gasteiger partial charge is 0.319 e. The van der Waals surface area contributed by atoms with E-state index in [0.29, 0.717) is 16.6 Å². The molecule has 104 valence electrons. The van der Waals surface area contributed by atoms with Crippen LogP contribution < -0.4 is 5.56 Å². The zero-order chi connectivity index (χ0) is 14.8. The number of Topliss-reactive ketones (excluding diaryl/α,β-unsaturated/α-hetero) is 1. The van der Waals surface area contributed by atoms with Crippen LogP contribution in [0.5, 0.6) is 0 Å². The number of halogens is 1. The van der Waals surface area contributed by atoms with E-state index < -0.39 is 10.9 Å². The summed E-state index contributed by atoms with van der Waals surface area (Å²) < 4.78 is 0. The van der Waals surface area contributed by atoms with Crippen molar-refractivity contribution >= 4 is 28.4 Å². The van der Waals surface area contributed by atoms with Gasteiger partial charge in [-0.1, -0.05) is 42.5 Å². The molecule has 1 aromatic heterocycles. The molecule has 2 aromatic carbocycles. The van der Waals surface area contributed by atoms with Gasteiger partial charge in [0.25, 0.3) is 5.56 Å². The SMILES string of the molecule is O=C(c1ccccc1)C(Cl)c1nc2ccccc2[nH]c1=O. The summed E-state index contributed by atoms with van der Waals surface area (Å²) in [6.07, 6.45) is 0. The Hall–Kier alpha value is -2.46. The predicted molar refractivity (Wildman–Crippen MR) is 81.7 cm³/mol. The smallest absolute Gasteiger partial charge is 0.272 e. The fourth-order valence-electron chi connectivity index (χ4n) is 2.09. The zero-order valence-electron chi connectivity index (χ0n) is 10.9. The number of carbonyl (C=O) groups excluding carboxylic acids is 1. The van der Waals surface area contributed by atoms with Crippen LogP contribution in [0.4, 0.5) is 0 Å². The number of aromatic amines is 1. The summed E-state index contributed by atoms with van der Waals surface area (Å²) in [5.41, 5.74) is 1.23. The number of aromatic nitrogens is 2. The Morgan fingerprint density at radius 1 is 1.05 bits per heavy atom. The number of benzene rings is 2. The molecule has 0 saturated heterocycles. The maximum absolute atomic E-state index is 12.3. The average molecular weight is 299 g/mol. The number of nitrogens with zero attached hydrogens (tertiary/aromatic N) is 1. The minimum absolute atomic E-state index is 0.0178. The van der Waals surface area contributed by atoms with Crippen molar-refractivity contribution < 1.29 is 4.79 Å². The molecule has 0 bridgehead atoms. The van der Waals surface area contributed by atoms with Gasteiger partial charge in [-0.25, -0.2) is 4.98 Å². The van der Waals surface area contributed by atoms with E-state index in [4.69, 9.17) is 11.6 Å². The van der Waals surface area contributed by atoms with E-state index in [-0.39, 0.29) is 11.5 Å². The van der Waals surface area contributed by atoms with Gasteiger partial charge in [-0.15, -0.1) is 11.6 Å². The average Bonchev–Trinajstić information content (AvgIpc) is 2.53. The number of ketones is 1. The molecule has 0 aliphatic rings. The summed E-state index contributed by atoms with van der Waals surface area (Å²) in [7, 11) is 0. The quantitative estimate of drug-likeness (QED) is 0.597. The van der Waals surface area contributed by atoms with Gasteiger partial charge in [0.15, 0.2) is 5.78 Å². The molecule has 1 N–H and O–H groups in total. The third-order valence-electron chi connectivity index (χ3n) is 3.15. The Morgan fingerprint density at radius 3 is 2.48 bits per heavy atom. The molecule has 0 radical (unpaired) electrons. The van der Waals surface area contributed by atoms with Crippen LogP contribution in [0.3, 0.4) is 0 Å². The number of H-pyrrole nitrogens is 1. The Labute approximate surface area is 125 Å². The molecule has 0 aliphatic heterocycles. The first-order chi connectivity index (χ1) is 10.2. The van der Waals surface area contributed by atoms with Crippen LogP contribution in [0.1, 0.15) is 21.4 Å². The minimum atomic E-state index is -1.11. The highest BCUT2D eigenvalue weighted by molar-refractivity contribution is 6.33. The lowest BCUT2D eigenvalue weighted by molar-refractivity contribution is 0.0985. The molecule has 0 amide bonds. The fraction of sp³-hybridized carbons (Fsp3) is 0.0625. The van der Waals surface area contributed by atoms with Gasteiger partial charge in [-0.3, -0.25) is 9.59 Å². The number of hydrogen-bond donors (Lipinski definition) is 1. The van der Waals surface area contributed by atoms with Crippen LogP contribution >= 0.6 is 11.6 Å². The summed E-state index contributed by atoms with van der Waals surface area (Å²) in [5.74, 6) is -0.342. The highest BCUT2D eigenvalue weighted by Gasteiger charge is 2.24. The third kappa shape index (κ3) is 2.58. The molecule has 5 heteroatoms. The van der Waals surface area contributed by atoms with Gasteiger partial charge < -0.3 is 4.98 Å². The maximum Gasteiger partial charge on any atom is 0.272 e. The first-order valence-corrected chi connectivity index (χ1v) is 6.83. The molecule has 3 aromatic rings. The van der Waals surface area contributed by atoms with E-state index in [1.807, 2.05) is 0 Å². The predicted octanol–water partition coefficient (Wildman–Crippen LogP) is 3.09. The first-order valence-electron chi connectivity index (χ1n) is 6.39. The van der Waals surface area contributed by atoms with Crippen molar-refractivity contribution in [2.24, 2.45) is 0 Å². The van der Waals surface area contributed by atoms with Crippen molar-refractivity contribution in [2.45, 2.75) is 5.38 Å². The summed E-state index contributed by atoms with van der Waals surface area (Å²) >= 11 is 6.16. The number of para-hydroxylation sites is 2. The third-order valence-corrected chi connectivity index (χ3v) is 3.56. The van der Waals surface area contributed by atoms with Gasteiger partial charge in [0.05, 0.1) is 11.0 Å². The number of fused-ring (bicyclic) bond motifs is 1. The van der Waals surface area contributed by atoms with Crippen LogP contribution in [0, 0.1) is 0 Å². The standard InChI is InChI=1S/C16H11ClN2O2/c17-13(15(20)10-6-2-1-3-7-10)14-16(21)19-12-9-5-4-8-11(12)18-14/h1-9,13H,(H,19,21). The van der Waals surface area contributed by atoms with E-state index in [2.05, 4.69) is 9.97 Å². The van der Waals surface area contributed by atoms with Gasteiger partial charge >= 0.3 is 0 Å². The monoisotopic (exact) mass is 298 g/mol. The molecule has 1 heterocycles. The summed E-state index contributed by atoms with van der Waals surface area (Å²) in [5, 5.41) is -1.11. The molecule has 4 nitrogen and oxygen atoms in total. The topological polar surface area (TPSA) is 62.8 Å². The van der Waals surface area contributed by atoms with Crippen LogP contribution in [0.15, 0.2) is 59.4 Å². The second-order valence-electron chi connectivity index (χ2n) is 4.56. The second kappa shape index (κ2) is 5.50. The molecule has 0 aliphatic carbocycles. The highest BCUT2D eigenvalue weighted by Crippen LogP contribution is 2.22. The van der Waals surface area contributed by atoms with Gasteiger partial charge in [0, 0.05) is 5.56 Å². The lowest BCUT2D eigenvalue weighted by atomic mass is 10.1. The van der Waals surface area contributed by atoms with Gasteiger partial charge in [0.1, 0.15) is 11.1 Å². The maximum atomic E-state index is 12.3. The number of nitrogens with one attached hydrogen (secondary N) is 1. The summed E-state index contributed by atoms with van der Waals surface area (Å²) in [4.78, 5) is 31.3. The summed E-state index contributed by atoms with van der Waals surface area (Å²) in [6, 6.07) is 15.7. The van der Waals surface area contributed by atoms with E-state index in [1.165, 1.54) is 0 Å². The van der Waals surface area contributed by atoms with Crippen molar-refractivity contribution in [1.29, 1.82) is 0 Å². The molecule has 0 spiro atoms. The molecule has 0 fully saturated rings. The molecular weight excluding hydrogens is 288 g/mol. The van der Waals surface area contributed by atoms with Gasteiger partial charge in [0.2, 0.25) is 0 Å². The van der Waals surface area contributed by atoms with Crippen molar-refractivity contribution in [3.63, 3.8) is 0 Å². The molecule has 1 unspecified atom stereocenters. The van der Waals surface area contributed by atoms with E-state index >= 15 is 0 Å². The van der Waals surface area contributed by atoms with Crippen molar-refractivity contribution in [3.8, 4) is 0 Å². The van der Waals surface area contributed by atoms with Crippen LogP contribution in [0.2, 0.25) is 0 Å². The Morgan fingerprint density at radius 2 is 1.71 bits per heavy atom. The van der Waals surface area contributed by atoms with Crippen LogP contribution in [-0.2, 0) is 0 Å². The minimum Gasteiger partial charge on any atom is -0.319 e. The normalized spacial score (nSPS) is 12.2. The first kappa shape index (κ1) is 13.5. The van der Waals surface area contributed by atoms with E-state index in [9.17, 15) is 9.59 Å². The molecule has 3 rings (SSSR count). The van der Waals surface area contributed by atoms with Gasteiger partial charge in [-0.2, -0.15) is 0 Å². The molecule has 1 atom stereocenters. The van der Waals surface area contributed by atoms with Gasteiger partial charge in [-0.05, 0) is 12.1 Å². The zero-order valence-corrected chi connectivity index (χ0v) is 11.7. The second-order valence-corrected chi connectivity index (χ2v) is 5.00. The highest BCUT2D eigenvalue weighted by atomic mass is 35.5. The Kier molecular flexibility index (Phi) is 3.54. The molecule has 0 saturated carbocycles. The Balaban J connectivity index is 2.05. The lowest BCUT2D eigenvalue weighted by Gasteiger charge is -2.08. The van der Waals surface area contributed by atoms with E-state index in [0.717, 1.165) is 0 Å². The fourth-order valence-corrected chi connectivity index (χ4v) is 2.36. The molecule has 21 heavy (non-hydrogen) atoms. The number of rotatable bonds is 3. The molecular formula is C16H11ClN2O2. The van der Waals surface area contributed by atoms with Crippen LogP contribution in [-0.4, -0.2) is 15.8 Å².